The van der Waals surface area contributed by atoms with Crippen LogP contribution in [0.3, 0.4) is 0 Å². The zero-order chi connectivity index (χ0) is 7.98. The molecule has 0 N–H and O–H groups in total. The van der Waals surface area contributed by atoms with E-state index >= 15 is 0 Å². The predicted octanol–water partition coefficient (Wildman–Crippen LogP) is 3.83. The Morgan fingerprint density at radius 3 is 2.40 bits per heavy atom. The lowest BCUT2D eigenvalue weighted by Gasteiger charge is -1.88. The van der Waals surface area contributed by atoms with Crippen LogP contribution in [0, 0.1) is 0 Å². The number of hydrogen-bond donors (Lipinski definition) is 0. The average molecular weight is 177 g/mol. The SMILES string of the molecule is C\C=C(C)/C=C(Cl)\C=C\Cl. The van der Waals surface area contributed by atoms with E-state index in [1.54, 1.807) is 6.08 Å². The highest BCUT2D eigenvalue weighted by molar-refractivity contribution is 6.33. The van der Waals surface area contributed by atoms with E-state index in [0.717, 1.165) is 5.57 Å². The largest absolute Gasteiger partial charge is 0.0929 e. The molecule has 0 spiro atoms. The third-order valence-electron chi connectivity index (χ3n) is 1.04. The first kappa shape index (κ1) is 9.80. The minimum atomic E-state index is 0.644. The van der Waals surface area contributed by atoms with Crippen molar-refractivity contribution in [1.29, 1.82) is 0 Å². The molecule has 0 aromatic carbocycles. The van der Waals surface area contributed by atoms with Crippen LogP contribution in [-0.2, 0) is 0 Å². The summed E-state index contributed by atoms with van der Waals surface area (Å²) in [6.45, 7) is 3.94. The Bertz CT molecular complexity index is 176. The number of halogens is 2. The number of allylic oxidation sites excluding steroid dienone is 5. The number of hydrogen-bond acceptors (Lipinski definition) is 0. The van der Waals surface area contributed by atoms with Gasteiger partial charge in [0.15, 0.2) is 0 Å². The lowest BCUT2D eigenvalue weighted by atomic mass is 10.2. The van der Waals surface area contributed by atoms with Gasteiger partial charge in [-0.05, 0) is 26.0 Å². The minimum Gasteiger partial charge on any atom is -0.0929 e. The molecule has 0 fully saturated rings. The predicted molar refractivity (Wildman–Crippen MR) is 48.4 cm³/mol. The van der Waals surface area contributed by atoms with E-state index in [9.17, 15) is 0 Å². The maximum atomic E-state index is 5.70. The van der Waals surface area contributed by atoms with Crippen LogP contribution in [-0.4, -0.2) is 0 Å². The smallest absolute Gasteiger partial charge is 0.0417 e. The lowest BCUT2D eigenvalue weighted by Crippen LogP contribution is -1.67. The zero-order valence-electron chi connectivity index (χ0n) is 6.07. The summed E-state index contributed by atoms with van der Waals surface area (Å²) < 4.78 is 0. The normalized spacial score (nSPS) is 14.8. The highest BCUT2D eigenvalue weighted by Gasteiger charge is 1.83. The summed E-state index contributed by atoms with van der Waals surface area (Å²) in [5.74, 6) is 0. The van der Waals surface area contributed by atoms with Crippen molar-refractivity contribution in [1.82, 2.24) is 0 Å². The fraction of sp³-hybridized carbons (Fsp3) is 0.250. The molecule has 0 aromatic rings. The van der Waals surface area contributed by atoms with Gasteiger partial charge < -0.3 is 0 Å². The van der Waals surface area contributed by atoms with Crippen molar-refractivity contribution < 1.29 is 0 Å². The van der Waals surface area contributed by atoms with E-state index in [2.05, 4.69) is 0 Å². The fourth-order valence-electron chi connectivity index (χ4n) is 0.409. The van der Waals surface area contributed by atoms with E-state index < -0.39 is 0 Å². The van der Waals surface area contributed by atoms with Gasteiger partial charge in [0.2, 0.25) is 0 Å². The van der Waals surface area contributed by atoms with Crippen LogP contribution in [0.4, 0.5) is 0 Å². The second kappa shape index (κ2) is 5.57. The molecule has 0 aliphatic heterocycles. The van der Waals surface area contributed by atoms with Gasteiger partial charge in [0.25, 0.3) is 0 Å². The first-order chi connectivity index (χ1) is 4.70. The third-order valence-corrected chi connectivity index (χ3v) is 1.40. The Labute approximate surface area is 71.8 Å². The summed E-state index contributed by atoms with van der Waals surface area (Å²) in [5, 5.41) is 0.644. The Morgan fingerprint density at radius 1 is 1.40 bits per heavy atom. The van der Waals surface area contributed by atoms with Crippen molar-refractivity contribution in [2.75, 3.05) is 0 Å². The summed E-state index contributed by atoms with van der Waals surface area (Å²) in [4.78, 5) is 0. The van der Waals surface area contributed by atoms with Crippen molar-refractivity contribution in [2.45, 2.75) is 13.8 Å². The Hall–Kier alpha value is -0.200. The molecule has 56 valence electrons. The maximum Gasteiger partial charge on any atom is 0.0417 e. The highest BCUT2D eigenvalue weighted by Crippen LogP contribution is 2.08. The Kier molecular flexibility index (Phi) is 5.46. The molecule has 0 amide bonds. The molecule has 2 heteroatoms. The summed E-state index contributed by atoms with van der Waals surface area (Å²) in [6, 6.07) is 0. The number of rotatable bonds is 2. The van der Waals surface area contributed by atoms with E-state index in [4.69, 9.17) is 23.2 Å². The van der Waals surface area contributed by atoms with Crippen molar-refractivity contribution >= 4 is 23.2 Å². The molecule has 0 heterocycles. The van der Waals surface area contributed by atoms with Crippen LogP contribution in [0.15, 0.2) is 34.4 Å². The summed E-state index contributed by atoms with van der Waals surface area (Å²) in [5.41, 5.74) is 2.52. The van der Waals surface area contributed by atoms with Crippen LogP contribution in [0.1, 0.15) is 13.8 Å². The van der Waals surface area contributed by atoms with Gasteiger partial charge in [-0.3, -0.25) is 0 Å². The molecule has 0 unspecified atom stereocenters. The van der Waals surface area contributed by atoms with E-state index in [0.29, 0.717) is 5.03 Å². The van der Waals surface area contributed by atoms with Crippen LogP contribution >= 0.6 is 23.2 Å². The molecule has 0 rings (SSSR count). The molecule has 0 aliphatic rings. The van der Waals surface area contributed by atoms with Crippen molar-refractivity contribution in [3.63, 3.8) is 0 Å². The van der Waals surface area contributed by atoms with Gasteiger partial charge in [0, 0.05) is 10.6 Å². The van der Waals surface area contributed by atoms with Gasteiger partial charge in [-0.15, -0.1) is 0 Å². The molecule has 0 saturated heterocycles. The maximum absolute atomic E-state index is 5.70. The zero-order valence-corrected chi connectivity index (χ0v) is 7.58. The quantitative estimate of drug-likeness (QED) is 0.562. The standard InChI is InChI=1S/C8H10Cl2/c1-3-7(2)6-8(10)4-5-9/h3-6H,1-2H3/b5-4+,7-3-,8-6+. The Balaban J connectivity index is 4.16. The summed E-state index contributed by atoms with van der Waals surface area (Å²) in [7, 11) is 0. The van der Waals surface area contributed by atoms with Gasteiger partial charge in [-0.2, -0.15) is 0 Å². The van der Waals surface area contributed by atoms with Gasteiger partial charge in [0.1, 0.15) is 0 Å². The van der Waals surface area contributed by atoms with Crippen LogP contribution in [0.2, 0.25) is 0 Å². The van der Waals surface area contributed by atoms with Gasteiger partial charge in [-0.25, -0.2) is 0 Å². The van der Waals surface area contributed by atoms with Gasteiger partial charge in [0.05, 0.1) is 0 Å². The molecule has 0 aromatic heterocycles. The van der Waals surface area contributed by atoms with Crippen molar-refractivity contribution in [2.24, 2.45) is 0 Å². The van der Waals surface area contributed by atoms with Crippen LogP contribution in [0.25, 0.3) is 0 Å². The fourth-order valence-corrected chi connectivity index (χ4v) is 0.844. The molecule has 10 heavy (non-hydrogen) atoms. The molecular weight excluding hydrogens is 167 g/mol. The summed E-state index contributed by atoms with van der Waals surface area (Å²) >= 11 is 11.0. The molecule has 0 nitrogen and oxygen atoms in total. The molecule has 0 bridgehead atoms. The molecule has 0 radical (unpaired) electrons. The average Bonchev–Trinajstić information content (AvgIpc) is 1.88. The van der Waals surface area contributed by atoms with Gasteiger partial charge >= 0.3 is 0 Å². The second-order valence-electron chi connectivity index (χ2n) is 1.85. The Morgan fingerprint density at radius 2 is 2.00 bits per heavy atom. The van der Waals surface area contributed by atoms with E-state index in [1.165, 1.54) is 5.54 Å². The monoisotopic (exact) mass is 176 g/mol. The molecule has 0 atom stereocenters. The van der Waals surface area contributed by atoms with E-state index in [1.807, 2.05) is 26.0 Å². The highest BCUT2D eigenvalue weighted by atomic mass is 35.5. The third kappa shape index (κ3) is 4.66. The first-order valence-corrected chi connectivity index (χ1v) is 3.79. The molecule has 0 aliphatic carbocycles. The summed E-state index contributed by atoms with van der Waals surface area (Å²) in [6.07, 6.45) is 5.46. The van der Waals surface area contributed by atoms with Crippen LogP contribution < -0.4 is 0 Å². The molecular formula is C8H10Cl2. The lowest BCUT2D eigenvalue weighted by molar-refractivity contribution is 1.47. The second-order valence-corrected chi connectivity index (χ2v) is 2.54. The minimum absolute atomic E-state index is 0.644. The van der Waals surface area contributed by atoms with Crippen molar-refractivity contribution in [3.8, 4) is 0 Å². The van der Waals surface area contributed by atoms with E-state index in [-0.39, 0.29) is 0 Å². The van der Waals surface area contributed by atoms with Crippen LogP contribution in [0.5, 0.6) is 0 Å². The topological polar surface area (TPSA) is 0 Å². The first-order valence-electron chi connectivity index (χ1n) is 2.97. The van der Waals surface area contributed by atoms with Gasteiger partial charge in [-0.1, -0.05) is 34.9 Å². The molecule has 0 saturated carbocycles. The van der Waals surface area contributed by atoms with Crippen molar-refractivity contribution in [3.05, 3.63) is 34.4 Å².